The number of ether oxygens (including phenoxy) is 1. The zero-order chi connectivity index (χ0) is 28.7. The Hall–Kier alpha value is -1.98. The van der Waals surface area contributed by atoms with Gasteiger partial charge in [0.05, 0.1) is 11.1 Å². The summed E-state index contributed by atoms with van der Waals surface area (Å²) < 4.78 is 53.0. The second kappa shape index (κ2) is 9.27. The van der Waals surface area contributed by atoms with Crippen LogP contribution in [0.25, 0.3) is 0 Å². The lowest BCUT2D eigenvalue weighted by molar-refractivity contribution is -0.221. The number of rotatable bonds is 4. The lowest BCUT2D eigenvalue weighted by atomic mass is 9.44. The van der Waals surface area contributed by atoms with Crippen molar-refractivity contribution in [3.05, 3.63) is 39.4 Å². The molecule has 0 amide bonds. The van der Waals surface area contributed by atoms with Crippen molar-refractivity contribution in [2.45, 2.75) is 77.4 Å². The topological polar surface area (TPSA) is 93.6 Å². The minimum atomic E-state index is -2.35. The molecule has 1 N–H and O–H groups in total. The molecule has 0 aromatic carbocycles. The lowest BCUT2D eigenvalue weighted by Gasteiger charge is -2.63. The third-order valence-electron chi connectivity index (χ3n) is 10.0. The molecule has 9 atom stereocenters. The molecule has 0 spiro atoms. The van der Waals surface area contributed by atoms with Crippen molar-refractivity contribution in [2.24, 2.45) is 28.6 Å². The number of nitrogens with zero attached hydrogens (tertiary/aromatic N) is 1. The smallest absolute Gasteiger partial charge is 0.358 e. The van der Waals surface area contributed by atoms with Gasteiger partial charge in [0, 0.05) is 28.0 Å². The minimum Gasteiger partial charge on any atom is -0.444 e. The molecule has 1 heterocycles. The number of ketones is 1. The van der Waals surface area contributed by atoms with E-state index in [1.54, 1.807) is 20.8 Å². The van der Waals surface area contributed by atoms with Crippen LogP contribution in [0.1, 0.15) is 62.5 Å². The summed E-state index contributed by atoms with van der Waals surface area (Å²) in [5.74, 6) is -3.67. The van der Waals surface area contributed by atoms with E-state index in [-0.39, 0.29) is 36.1 Å². The molecule has 0 radical (unpaired) electrons. The monoisotopic (exact) mass is 583 g/mol. The van der Waals surface area contributed by atoms with E-state index in [1.165, 1.54) is 36.6 Å². The van der Waals surface area contributed by atoms with Gasteiger partial charge in [-0.1, -0.05) is 19.9 Å². The molecule has 6 nitrogen and oxygen atoms in total. The molecule has 4 aliphatic rings. The van der Waals surface area contributed by atoms with E-state index in [2.05, 4.69) is 4.98 Å². The number of fused-ring (bicyclic) bond motifs is 5. The number of thioether (sulfide) groups is 1. The first kappa shape index (κ1) is 28.5. The van der Waals surface area contributed by atoms with Crippen molar-refractivity contribution in [1.82, 2.24) is 4.98 Å². The SMILES string of the molecule is CC1=C[C@@]2(C)C(=CC1=O)[C@@H](F)C[C@H]1[C@@H]3C[C@@H](C)[C@@](OC(=O)c4csc(C)n4)(C(=O)SCF)[C@@]3(C)C[C@H](O)[C@@]12F. The Labute approximate surface area is 233 Å². The number of aryl methyl sites for hydroxylation is 1. The predicted molar refractivity (Wildman–Crippen MR) is 141 cm³/mol. The van der Waals surface area contributed by atoms with Crippen molar-refractivity contribution in [3.63, 3.8) is 0 Å². The highest BCUT2D eigenvalue weighted by atomic mass is 32.2. The van der Waals surface area contributed by atoms with Gasteiger partial charge in [-0.25, -0.2) is 22.9 Å². The molecule has 11 heteroatoms. The summed E-state index contributed by atoms with van der Waals surface area (Å²) in [7, 11) is 0. The third kappa shape index (κ3) is 3.64. The molecular weight excluding hydrogens is 551 g/mol. The molecule has 39 heavy (non-hydrogen) atoms. The molecule has 1 aromatic heterocycles. The Morgan fingerprint density at radius 1 is 1.26 bits per heavy atom. The number of alkyl halides is 3. The van der Waals surface area contributed by atoms with Gasteiger partial charge in [0.15, 0.2) is 22.7 Å². The number of esters is 1. The highest BCUT2D eigenvalue weighted by Gasteiger charge is 2.78. The molecule has 0 saturated heterocycles. The lowest BCUT2D eigenvalue weighted by Crippen LogP contribution is -2.70. The molecule has 3 fully saturated rings. The van der Waals surface area contributed by atoms with Gasteiger partial charge in [-0.3, -0.25) is 9.59 Å². The normalized spacial score (nSPS) is 43.1. The van der Waals surface area contributed by atoms with E-state index in [9.17, 15) is 23.9 Å². The Kier molecular flexibility index (Phi) is 6.79. The van der Waals surface area contributed by atoms with Crippen LogP contribution in [0.5, 0.6) is 0 Å². The summed E-state index contributed by atoms with van der Waals surface area (Å²) in [6.07, 6.45) is -1.14. The zero-order valence-corrected chi connectivity index (χ0v) is 24.1. The van der Waals surface area contributed by atoms with Gasteiger partial charge in [0.1, 0.15) is 12.2 Å². The zero-order valence-electron chi connectivity index (χ0n) is 22.4. The third-order valence-corrected chi connectivity index (χ3v) is 11.5. The van der Waals surface area contributed by atoms with E-state index in [4.69, 9.17) is 4.74 Å². The number of aromatic nitrogens is 1. The van der Waals surface area contributed by atoms with Gasteiger partial charge in [0.25, 0.3) is 0 Å². The molecule has 1 aromatic rings. The summed E-state index contributed by atoms with van der Waals surface area (Å²) in [6.45, 7) is 8.12. The summed E-state index contributed by atoms with van der Waals surface area (Å²) in [5.41, 5.74) is -6.89. The van der Waals surface area contributed by atoms with E-state index < -0.39 is 75.0 Å². The largest absolute Gasteiger partial charge is 0.444 e. The number of carbonyl (C=O) groups is 3. The van der Waals surface area contributed by atoms with Crippen LogP contribution in [-0.4, -0.2) is 56.5 Å². The van der Waals surface area contributed by atoms with Crippen LogP contribution in [0, 0.1) is 35.5 Å². The van der Waals surface area contributed by atoms with Crippen LogP contribution in [0.15, 0.2) is 28.7 Å². The number of thiazole rings is 1. The number of carbonyl (C=O) groups excluding carboxylic acids is 3. The minimum absolute atomic E-state index is 0.00151. The fourth-order valence-corrected chi connectivity index (χ4v) is 9.68. The van der Waals surface area contributed by atoms with Crippen molar-refractivity contribution in [2.75, 3.05) is 6.01 Å². The molecule has 0 unspecified atom stereocenters. The van der Waals surface area contributed by atoms with E-state index in [0.717, 1.165) is 6.08 Å². The van der Waals surface area contributed by atoms with Crippen molar-refractivity contribution in [3.8, 4) is 0 Å². The summed E-state index contributed by atoms with van der Waals surface area (Å²) >= 11 is 1.60. The summed E-state index contributed by atoms with van der Waals surface area (Å²) in [5, 5.41) is 13.0. The highest BCUT2D eigenvalue weighted by molar-refractivity contribution is 8.13. The van der Waals surface area contributed by atoms with Gasteiger partial charge in [-0.2, -0.15) is 0 Å². The number of aliphatic hydroxyl groups is 1. The van der Waals surface area contributed by atoms with E-state index in [1.807, 2.05) is 0 Å². The summed E-state index contributed by atoms with van der Waals surface area (Å²) in [4.78, 5) is 43.6. The second-order valence-electron chi connectivity index (χ2n) is 11.9. The highest BCUT2D eigenvalue weighted by Crippen LogP contribution is 2.72. The Morgan fingerprint density at radius 2 is 1.95 bits per heavy atom. The quantitative estimate of drug-likeness (QED) is 0.469. The fraction of sp³-hybridized carbons (Fsp3) is 0.643. The van der Waals surface area contributed by atoms with Crippen LogP contribution in [-0.2, 0) is 14.3 Å². The van der Waals surface area contributed by atoms with Crippen molar-refractivity contribution in [1.29, 1.82) is 0 Å². The van der Waals surface area contributed by atoms with Crippen molar-refractivity contribution >= 4 is 40.0 Å². The number of halogens is 3. The molecule has 5 rings (SSSR count). The Morgan fingerprint density at radius 3 is 2.56 bits per heavy atom. The average Bonchev–Trinajstić information content (AvgIpc) is 3.38. The maximum atomic E-state index is 17.6. The molecular formula is C28H32F3NO5S2. The maximum Gasteiger partial charge on any atom is 0.358 e. The molecule has 3 saturated carbocycles. The van der Waals surface area contributed by atoms with Gasteiger partial charge >= 0.3 is 5.97 Å². The first-order valence-electron chi connectivity index (χ1n) is 13.0. The van der Waals surface area contributed by atoms with Crippen LogP contribution in [0.2, 0.25) is 0 Å². The predicted octanol–water partition coefficient (Wildman–Crippen LogP) is 5.49. The van der Waals surface area contributed by atoms with Crippen molar-refractivity contribution < 1.29 is 37.4 Å². The van der Waals surface area contributed by atoms with Crippen LogP contribution in [0.4, 0.5) is 13.2 Å². The summed E-state index contributed by atoms with van der Waals surface area (Å²) in [6, 6.07) is -1.06. The van der Waals surface area contributed by atoms with Crippen LogP contribution in [0.3, 0.4) is 0 Å². The fourth-order valence-electron chi connectivity index (χ4n) is 8.31. The Bertz CT molecular complexity index is 1310. The Balaban J connectivity index is 1.64. The van der Waals surface area contributed by atoms with E-state index >= 15 is 8.78 Å². The number of allylic oxidation sites excluding steroid dienone is 4. The second-order valence-corrected chi connectivity index (χ2v) is 13.8. The van der Waals surface area contributed by atoms with Gasteiger partial charge in [-0.15, -0.1) is 11.3 Å². The number of hydrogen-bond donors (Lipinski definition) is 1. The first-order valence-corrected chi connectivity index (χ1v) is 14.9. The number of hydrogen-bond acceptors (Lipinski definition) is 8. The van der Waals surface area contributed by atoms with Gasteiger partial charge in [-0.05, 0) is 74.9 Å². The molecule has 0 bridgehead atoms. The standard InChI is InChI=1S/C28H32F3NO5S2/c1-13-9-25(4)18(8-21(13)33)19(30)7-17-16-6-14(2)28(24(36)39-12-29,26(16,5)10-22(34)27(17,25)31)37-23(35)20-11-38-15(3)32-20/h8-9,11,14,16-17,19,22,34H,6-7,10,12H2,1-5H3/t14-,16+,17+,19+,22+,25+,26+,27+,28-/m1/s1. The molecule has 0 aliphatic heterocycles. The van der Waals surface area contributed by atoms with Gasteiger partial charge in [0.2, 0.25) is 5.12 Å². The first-order chi connectivity index (χ1) is 18.2. The number of aliphatic hydroxyl groups excluding tert-OH is 1. The van der Waals surface area contributed by atoms with Gasteiger partial charge < -0.3 is 9.84 Å². The molecule has 4 aliphatic carbocycles. The average molecular weight is 584 g/mol. The van der Waals surface area contributed by atoms with E-state index in [0.29, 0.717) is 16.8 Å². The maximum absolute atomic E-state index is 17.6. The van der Waals surface area contributed by atoms with Crippen LogP contribution < -0.4 is 0 Å². The molecule has 212 valence electrons. The van der Waals surface area contributed by atoms with Crippen LogP contribution >= 0.6 is 23.1 Å².